The monoisotopic (exact) mass is 458 g/mol. The molecule has 2 atom stereocenters. The second-order valence-electron chi connectivity index (χ2n) is 6.62. The van der Waals surface area contributed by atoms with Crippen molar-refractivity contribution in [3.63, 3.8) is 0 Å². The summed E-state index contributed by atoms with van der Waals surface area (Å²) in [5, 5.41) is 5.84. The third-order valence-electron chi connectivity index (χ3n) is 4.42. The molecule has 0 aromatic heterocycles. The van der Waals surface area contributed by atoms with Crippen LogP contribution in [0.15, 0.2) is 12.1 Å². The Morgan fingerprint density at radius 3 is 2.59 bits per heavy atom. The Bertz CT molecular complexity index is 697. The molecule has 0 saturated carbocycles. The number of amides is 2. The standard InChI is InChI=1S/C18H25F3N4O2.2ClH/c1-2-3-23-10-16-18(27)24-4-5-25(16)17(26)8-12(22)6-11-7-14(20)15(21)9-13(11)19;;/h7,9,12,16,23H,2-6,8,10,22H2,1H3,(H,24,27);2*1H. The third-order valence-corrected chi connectivity index (χ3v) is 4.42. The first-order chi connectivity index (χ1) is 12.8. The number of nitrogens with zero attached hydrogens (tertiary/aromatic N) is 1. The number of carbonyl (C=O) groups excluding carboxylic acids is 2. The third kappa shape index (κ3) is 7.65. The van der Waals surface area contributed by atoms with E-state index in [2.05, 4.69) is 10.6 Å². The van der Waals surface area contributed by atoms with E-state index in [-0.39, 0.29) is 55.0 Å². The Hall–Kier alpha value is -1.55. The molecular weight excluding hydrogens is 432 g/mol. The fourth-order valence-electron chi connectivity index (χ4n) is 3.05. The van der Waals surface area contributed by atoms with Gasteiger partial charge in [-0.2, -0.15) is 0 Å². The average molecular weight is 459 g/mol. The Morgan fingerprint density at radius 2 is 1.93 bits per heavy atom. The molecule has 1 saturated heterocycles. The number of hydrogen-bond donors (Lipinski definition) is 3. The van der Waals surface area contributed by atoms with E-state index < -0.39 is 29.5 Å². The average Bonchev–Trinajstić information content (AvgIpc) is 2.61. The first kappa shape index (κ1) is 27.5. The second-order valence-corrected chi connectivity index (χ2v) is 6.62. The van der Waals surface area contributed by atoms with Gasteiger partial charge in [0.15, 0.2) is 11.6 Å². The molecule has 0 radical (unpaired) electrons. The highest BCUT2D eigenvalue weighted by Crippen LogP contribution is 2.16. The number of benzene rings is 1. The normalized spacial score (nSPS) is 17.1. The molecule has 0 bridgehead atoms. The minimum Gasteiger partial charge on any atom is -0.352 e. The van der Waals surface area contributed by atoms with Gasteiger partial charge in [-0.3, -0.25) is 9.59 Å². The van der Waals surface area contributed by atoms with Gasteiger partial charge in [-0.1, -0.05) is 6.92 Å². The van der Waals surface area contributed by atoms with E-state index >= 15 is 0 Å². The fourth-order valence-corrected chi connectivity index (χ4v) is 3.05. The molecule has 29 heavy (non-hydrogen) atoms. The molecule has 1 aromatic rings. The highest BCUT2D eigenvalue weighted by Gasteiger charge is 2.33. The summed E-state index contributed by atoms with van der Waals surface area (Å²) in [6.07, 6.45) is 0.649. The van der Waals surface area contributed by atoms with Crippen molar-refractivity contribution in [2.75, 3.05) is 26.2 Å². The Morgan fingerprint density at radius 1 is 1.28 bits per heavy atom. The Kier molecular flexibility index (Phi) is 12.2. The van der Waals surface area contributed by atoms with Crippen LogP contribution in [0.5, 0.6) is 0 Å². The number of nitrogens with one attached hydrogen (secondary N) is 2. The molecule has 166 valence electrons. The lowest BCUT2D eigenvalue weighted by Crippen LogP contribution is -2.60. The predicted octanol–water partition coefficient (Wildman–Crippen LogP) is 1.53. The summed E-state index contributed by atoms with van der Waals surface area (Å²) in [5.74, 6) is -3.92. The van der Waals surface area contributed by atoms with E-state index in [1.54, 1.807) is 0 Å². The number of carbonyl (C=O) groups is 2. The van der Waals surface area contributed by atoms with Gasteiger partial charge in [0.1, 0.15) is 11.9 Å². The lowest BCUT2D eigenvalue weighted by Gasteiger charge is -2.35. The van der Waals surface area contributed by atoms with Gasteiger partial charge in [0, 0.05) is 38.2 Å². The summed E-state index contributed by atoms with van der Waals surface area (Å²) in [4.78, 5) is 26.2. The van der Waals surface area contributed by atoms with Crippen LogP contribution in [0.3, 0.4) is 0 Å². The van der Waals surface area contributed by atoms with Crippen molar-refractivity contribution >= 4 is 36.6 Å². The molecule has 1 aliphatic heterocycles. The van der Waals surface area contributed by atoms with Crippen molar-refractivity contribution in [1.82, 2.24) is 15.5 Å². The van der Waals surface area contributed by atoms with Crippen LogP contribution in [-0.2, 0) is 16.0 Å². The van der Waals surface area contributed by atoms with Crippen LogP contribution in [0.2, 0.25) is 0 Å². The summed E-state index contributed by atoms with van der Waals surface area (Å²) in [6.45, 7) is 3.75. The maximum Gasteiger partial charge on any atom is 0.244 e. The van der Waals surface area contributed by atoms with Crippen molar-refractivity contribution in [3.8, 4) is 0 Å². The molecule has 2 rings (SSSR count). The topological polar surface area (TPSA) is 87.5 Å². The summed E-state index contributed by atoms with van der Waals surface area (Å²) in [5.41, 5.74) is 5.83. The summed E-state index contributed by atoms with van der Waals surface area (Å²) < 4.78 is 40.1. The lowest BCUT2D eigenvalue weighted by molar-refractivity contribution is -0.143. The molecule has 2 unspecified atom stereocenters. The van der Waals surface area contributed by atoms with Crippen LogP contribution in [-0.4, -0.2) is 55.0 Å². The Labute approximate surface area is 180 Å². The van der Waals surface area contributed by atoms with Gasteiger partial charge in [0.2, 0.25) is 11.8 Å². The number of nitrogens with two attached hydrogens (primary N) is 1. The zero-order chi connectivity index (χ0) is 20.0. The van der Waals surface area contributed by atoms with E-state index in [9.17, 15) is 22.8 Å². The molecule has 1 aromatic carbocycles. The molecule has 6 nitrogen and oxygen atoms in total. The second kappa shape index (κ2) is 12.9. The van der Waals surface area contributed by atoms with Gasteiger partial charge >= 0.3 is 0 Å². The van der Waals surface area contributed by atoms with Crippen molar-refractivity contribution < 1.29 is 22.8 Å². The van der Waals surface area contributed by atoms with Crippen LogP contribution < -0.4 is 16.4 Å². The van der Waals surface area contributed by atoms with Gasteiger partial charge in [0.05, 0.1) is 0 Å². The summed E-state index contributed by atoms with van der Waals surface area (Å²) in [7, 11) is 0. The molecule has 1 heterocycles. The maximum atomic E-state index is 13.8. The summed E-state index contributed by atoms with van der Waals surface area (Å²) >= 11 is 0. The van der Waals surface area contributed by atoms with E-state index in [1.165, 1.54) is 4.90 Å². The van der Waals surface area contributed by atoms with Gasteiger partial charge in [-0.15, -0.1) is 24.8 Å². The smallest absolute Gasteiger partial charge is 0.244 e. The molecule has 11 heteroatoms. The predicted molar refractivity (Wildman–Crippen MR) is 109 cm³/mol. The van der Waals surface area contributed by atoms with Gasteiger partial charge in [-0.25, -0.2) is 13.2 Å². The van der Waals surface area contributed by atoms with Crippen LogP contribution >= 0.6 is 24.8 Å². The molecule has 1 aliphatic rings. The zero-order valence-electron chi connectivity index (χ0n) is 16.1. The van der Waals surface area contributed by atoms with Crippen molar-refractivity contribution in [1.29, 1.82) is 0 Å². The number of rotatable bonds is 8. The first-order valence-electron chi connectivity index (χ1n) is 9.00. The Balaban J connectivity index is 0.00000392. The molecular formula is C18H27Cl2F3N4O2. The van der Waals surface area contributed by atoms with E-state index in [0.29, 0.717) is 25.7 Å². The minimum atomic E-state index is -1.28. The van der Waals surface area contributed by atoms with Crippen LogP contribution in [0, 0.1) is 17.5 Å². The highest BCUT2D eigenvalue weighted by molar-refractivity contribution is 5.89. The van der Waals surface area contributed by atoms with E-state index in [1.807, 2.05) is 6.92 Å². The lowest BCUT2D eigenvalue weighted by atomic mass is 10.0. The summed E-state index contributed by atoms with van der Waals surface area (Å²) in [6, 6.07) is -0.208. The van der Waals surface area contributed by atoms with E-state index in [4.69, 9.17) is 5.73 Å². The van der Waals surface area contributed by atoms with Crippen LogP contribution in [0.25, 0.3) is 0 Å². The van der Waals surface area contributed by atoms with Gasteiger partial charge in [-0.05, 0) is 31.0 Å². The minimum absolute atomic E-state index is 0. The van der Waals surface area contributed by atoms with Crippen LogP contribution in [0.1, 0.15) is 25.3 Å². The fraction of sp³-hybridized carbons (Fsp3) is 0.556. The molecule has 0 spiro atoms. The molecule has 1 fully saturated rings. The molecule has 4 N–H and O–H groups in total. The van der Waals surface area contributed by atoms with Crippen molar-refractivity contribution in [2.45, 2.75) is 38.3 Å². The SMILES string of the molecule is CCCNCC1C(=O)NCCN1C(=O)CC(N)Cc1cc(F)c(F)cc1F.Cl.Cl. The number of piperazine rings is 1. The van der Waals surface area contributed by atoms with Crippen molar-refractivity contribution in [2.24, 2.45) is 5.73 Å². The molecule has 0 aliphatic carbocycles. The van der Waals surface area contributed by atoms with Gasteiger partial charge < -0.3 is 21.3 Å². The quantitative estimate of drug-likeness (QED) is 0.407. The van der Waals surface area contributed by atoms with Gasteiger partial charge in [0.25, 0.3) is 0 Å². The largest absolute Gasteiger partial charge is 0.352 e. The van der Waals surface area contributed by atoms with Crippen LogP contribution in [0.4, 0.5) is 13.2 Å². The first-order valence-corrected chi connectivity index (χ1v) is 9.00. The number of hydrogen-bond acceptors (Lipinski definition) is 4. The van der Waals surface area contributed by atoms with Crippen molar-refractivity contribution in [3.05, 3.63) is 35.1 Å². The number of halogens is 5. The highest BCUT2D eigenvalue weighted by atomic mass is 35.5. The maximum absolute atomic E-state index is 13.8. The zero-order valence-corrected chi connectivity index (χ0v) is 17.7. The van der Waals surface area contributed by atoms with E-state index in [0.717, 1.165) is 19.0 Å². The molecule has 2 amide bonds.